The summed E-state index contributed by atoms with van der Waals surface area (Å²) in [6, 6.07) is 3.46. The van der Waals surface area contributed by atoms with Gasteiger partial charge in [0.25, 0.3) is 0 Å². The number of benzene rings is 1. The van der Waals surface area contributed by atoms with Gasteiger partial charge in [-0.25, -0.2) is 4.79 Å². The average Bonchev–Trinajstić information content (AvgIpc) is 3.09. The summed E-state index contributed by atoms with van der Waals surface area (Å²) >= 11 is 0. The fourth-order valence-electron chi connectivity index (χ4n) is 6.82. The van der Waals surface area contributed by atoms with Crippen LogP contribution < -0.4 is 14.2 Å². The van der Waals surface area contributed by atoms with Crippen molar-refractivity contribution in [2.24, 2.45) is 0 Å². The van der Waals surface area contributed by atoms with Crippen molar-refractivity contribution in [2.75, 3.05) is 19.8 Å². The van der Waals surface area contributed by atoms with Gasteiger partial charge in [-0.05, 0) is 37.8 Å². The molecule has 1 aliphatic carbocycles. The maximum Gasteiger partial charge on any atom is 0.338 e. The molecule has 0 bridgehead atoms. The second-order valence-corrected chi connectivity index (χ2v) is 14.8. The van der Waals surface area contributed by atoms with Gasteiger partial charge >= 0.3 is 5.97 Å². The summed E-state index contributed by atoms with van der Waals surface area (Å²) in [6.45, 7) is 8.40. The normalized spacial score (nSPS) is 17.5. The smallest absolute Gasteiger partial charge is 0.338 e. The number of unbranched alkanes of at least 4 members (excludes halogenated alkanes) is 21. The first-order valence-corrected chi connectivity index (χ1v) is 21.1. The summed E-state index contributed by atoms with van der Waals surface area (Å²) in [6.07, 6.45) is 28.2. The number of ether oxygens (including phenoxy) is 4. The number of hydrogen-bond donors (Lipinski definition) is 2. The molecule has 0 aromatic heterocycles. The SMILES string of the molecule is CCCCCCCCCCOc1cc(C(=O)O[C@@H]2C[C@H](O)C[C@H](O)C2)cc(OCCCCCCCCCC)c1OCCCCCCCCCC. The molecule has 0 heterocycles. The van der Waals surface area contributed by atoms with Crippen LogP contribution >= 0.6 is 0 Å². The van der Waals surface area contributed by atoms with Crippen LogP contribution in [0, 0.1) is 0 Å². The van der Waals surface area contributed by atoms with Crippen molar-refractivity contribution < 1.29 is 34.0 Å². The van der Waals surface area contributed by atoms with Crippen molar-refractivity contribution in [1.29, 1.82) is 0 Å². The van der Waals surface area contributed by atoms with Gasteiger partial charge in [-0.15, -0.1) is 0 Å². The first-order chi connectivity index (χ1) is 24.5. The Morgan fingerprint density at radius 2 is 0.860 bits per heavy atom. The quantitative estimate of drug-likeness (QED) is 0.0569. The summed E-state index contributed by atoms with van der Waals surface area (Å²) < 4.78 is 25.0. The van der Waals surface area contributed by atoms with Crippen molar-refractivity contribution >= 4 is 5.97 Å². The highest BCUT2D eigenvalue weighted by molar-refractivity contribution is 5.91. The van der Waals surface area contributed by atoms with E-state index in [1.807, 2.05) is 0 Å². The number of carbonyl (C=O) groups excluding carboxylic acids is 1. The maximum absolute atomic E-state index is 13.5. The molecule has 1 fully saturated rings. The Kier molecular flexibility index (Phi) is 26.1. The van der Waals surface area contributed by atoms with E-state index in [1.165, 1.54) is 116 Å². The van der Waals surface area contributed by atoms with E-state index in [0.717, 1.165) is 38.5 Å². The molecule has 1 aliphatic rings. The lowest BCUT2D eigenvalue weighted by molar-refractivity contribution is -0.0408. The molecule has 1 saturated carbocycles. The standard InChI is InChI=1S/C43H76O7/c1-4-7-10-13-16-19-22-25-28-47-40-31-36(43(46)50-39-34-37(44)33-38(45)35-39)32-41(48-29-26-23-20-17-14-11-8-5-2)42(40)49-30-27-24-21-18-15-12-9-6-3/h31-32,37-39,44-45H,4-30,33-35H2,1-3H3/t37-,38+,39-. The van der Waals surface area contributed by atoms with Crippen molar-refractivity contribution in [3.05, 3.63) is 17.7 Å². The number of rotatable bonds is 32. The summed E-state index contributed by atoms with van der Waals surface area (Å²) in [5.74, 6) is 1.13. The van der Waals surface area contributed by atoms with Crippen molar-refractivity contribution in [3.63, 3.8) is 0 Å². The molecule has 0 radical (unpaired) electrons. The first-order valence-electron chi connectivity index (χ1n) is 21.1. The van der Waals surface area contributed by atoms with Gasteiger partial charge in [-0.1, -0.05) is 156 Å². The fraction of sp³-hybridized carbons (Fsp3) is 0.837. The van der Waals surface area contributed by atoms with Gasteiger partial charge in [0, 0.05) is 12.8 Å². The highest BCUT2D eigenvalue weighted by Gasteiger charge is 2.30. The van der Waals surface area contributed by atoms with Gasteiger partial charge in [0.15, 0.2) is 11.5 Å². The molecule has 0 amide bonds. The number of aliphatic hydroxyl groups is 2. The molecule has 2 N–H and O–H groups in total. The minimum Gasteiger partial charge on any atom is -0.490 e. The molecule has 3 atom stereocenters. The molecule has 0 unspecified atom stereocenters. The highest BCUT2D eigenvalue weighted by atomic mass is 16.6. The first kappa shape index (κ1) is 44.2. The lowest BCUT2D eigenvalue weighted by Gasteiger charge is -2.29. The lowest BCUT2D eigenvalue weighted by atomic mass is 9.92. The zero-order chi connectivity index (χ0) is 36.1. The Balaban J connectivity index is 2.11. The summed E-state index contributed by atoms with van der Waals surface area (Å²) in [7, 11) is 0. The summed E-state index contributed by atoms with van der Waals surface area (Å²) in [5, 5.41) is 20.3. The van der Waals surface area contributed by atoms with Gasteiger partial charge in [-0.2, -0.15) is 0 Å². The molecular formula is C43H76O7. The van der Waals surface area contributed by atoms with Gasteiger partial charge in [0.05, 0.1) is 37.6 Å². The monoisotopic (exact) mass is 705 g/mol. The largest absolute Gasteiger partial charge is 0.490 e. The van der Waals surface area contributed by atoms with Gasteiger partial charge in [-0.3, -0.25) is 0 Å². The zero-order valence-corrected chi connectivity index (χ0v) is 32.5. The Morgan fingerprint density at radius 1 is 0.520 bits per heavy atom. The number of aliphatic hydroxyl groups excluding tert-OH is 2. The van der Waals surface area contributed by atoms with Crippen LogP contribution in [0.15, 0.2) is 12.1 Å². The van der Waals surface area contributed by atoms with Gasteiger partial charge in [0.2, 0.25) is 5.75 Å². The highest BCUT2D eigenvalue weighted by Crippen LogP contribution is 2.40. The Bertz CT molecular complexity index is 914. The van der Waals surface area contributed by atoms with E-state index in [0.29, 0.717) is 61.9 Å². The lowest BCUT2D eigenvalue weighted by Crippen LogP contribution is -2.35. The van der Waals surface area contributed by atoms with Gasteiger partial charge in [0.1, 0.15) is 6.10 Å². The van der Waals surface area contributed by atoms with E-state index in [2.05, 4.69) is 20.8 Å². The minimum atomic E-state index is -0.681. The molecule has 0 saturated heterocycles. The van der Waals surface area contributed by atoms with E-state index in [4.69, 9.17) is 18.9 Å². The fourth-order valence-corrected chi connectivity index (χ4v) is 6.82. The van der Waals surface area contributed by atoms with Gasteiger partial charge < -0.3 is 29.2 Å². The van der Waals surface area contributed by atoms with Crippen LogP contribution in [0.4, 0.5) is 0 Å². The molecule has 7 nitrogen and oxygen atoms in total. The van der Waals surface area contributed by atoms with E-state index >= 15 is 0 Å². The maximum atomic E-state index is 13.5. The topological polar surface area (TPSA) is 94.5 Å². The van der Waals surface area contributed by atoms with E-state index < -0.39 is 24.3 Å². The molecule has 2 rings (SSSR count). The van der Waals surface area contributed by atoms with Crippen LogP contribution in [-0.4, -0.2) is 54.3 Å². The van der Waals surface area contributed by atoms with E-state index in [9.17, 15) is 15.0 Å². The molecule has 0 spiro atoms. The summed E-state index contributed by atoms with van der Waals surface area (Å²) in [5.41, 5.74) is 0.343. The second-order valence-electron chi connectivity index (χ2n) is 14.8. The Hall–Kier alpha value is -1.99. The zero-order valence-electron chi connectivity index (χ0n) is 32.5. The van der Waals surface area contributed by atoms with Crippen molar-refractivity contribution in [2.45, 2.75) is 212 Å². The predicted octanol–water partition coefficient (Wildman–Crippen LogP) is 11.7. The van der Waals surface area contributed by atoms with Crippen LogP contribution in [0.1, 0.15) is 204 Å². The number of hydrogen-bond acceptors (Lipinski definition) is 7. The Morgan fingerprint density at radius 3 is 1.24 bits per heavy atom. The van der Waals surface area contributed by atoms with E-state index in [-0.39, 0.29) is 0 Å². The van der Waals surface area contributed by atoms with E-state index in [1.54, 1.807) is 12.1 Å². The molecule has 50 heavy (non-hydrogen) atoms. The molecule has 1 aromatic rings. The third kappa shape index (κ3) is 20.8. The molecule has 1 aromatic carbocycles. The molecular weight excluding hydrogens is 628 g/mol. The van der Waals surface area contributed by atoms with Crippen LogP contribution in [-0.2, 0) is 4.74 Å². The van der Waals surface area contributed by atoms with Crippen molar-refractivity contribution in [1.82, 2.24) is 0 Å². The van der Waals surface area contributed by atoms with Crippen molar-refractivity contribution in [3.8, 4) is 17.2 Å². The predicted molar refractivity (Wildman–Crippen MR) is 206 cm³/mol. The molecule has 0 aliphatic heterocycles. The summed E-state index contributed by atoms with van der Waals surface area (Å²) in [4.78, 5) is 13.5. The third-order valence-corrected chi connectivity index (χ3v) is 9.90. The molecule has 7 heteroatoms. The third-order valence-electron chi connectivity index (χ3n) is 9.90. The van der Waals surface area contributed by atoms with Crippen LogP contribution in [0.25, 0.3) is 0 Å². The van der Waals surface area contributed by atoms with Crippen LogP contribution in [0.5, 0.6) is 17.2 Å². The Labute approximate surface area is 306 Å². The van der Waals surface area contributed by atoms with Crippen LogP contribution in [0.3, 0.4) is 0 Å². The molecule has 290 valence electrons. The minimum absolute atomic E-state index is 0.312. The average molecular weight is 705 g/mol. The number of esters is 1. The number of carbonyl (C=O) groups is 1. The second kappa shape index (κ2) is 29.6. The van der Waals surface area contributed by atoms with Crippen LogP contribution in [0.2, 0.25) is 0 Å².